The van der Waals surface area contributed by atoms with Crippen molar-refractivity contribution in [3.8, 4) is 0 Å². The van der Waals surface area contributed by atoms with E-state index in [1.807, 2.05) is 4.72 Å². The summed E-state index contributed by atoms with van der Waals surface area (Å²) in [4.78, 5) is 11.0. The Bertz CT molecular complexity index is 910. The summed E-state index contributed by atoms with van der Waals surface area (Å²) in [6.45, 7) is 0. The first kappa shape index (κ1) is 19.8. The first-order valence-electron chi connectivity index (χ1n) is 5.90. The van der Waals surface area contributed by atoms with Crippen molar-refractivity contribution in [3.63, 3.8) is 0 Å². The van der Waals surface area contributed by atoms with Crippen LogP contribution >= 0.6 is 0 Å². The molecule has 0 fully saturated rings. The summed E-state index contributed by atoms with van der Waals surface area (Å²) in [5.74, 6) is -0.550. The maximum absolute atomic E-state index is 11.1. The van der Waals surface area contributed by atoms with Crippen LogP contribution in [0.3, 0.4) is 0 Å². The summed E-state index contributed by atoms with van der Waals surface area (Å²) in [6.07, 6.45) is 0. The van der Waals surface area contributed by atoms with E-state index in [4.69, 9.17) is 4.55 Å². The number of rotatable bonds is 1. The Morgan fingerprint density at radius 1 is 0.913 bits per heavy atom. The Hall–Kier alpha value is -1.23. The Morgan fingerprint density at radius 2 is 1.43 bits per heavy atom. The quantitative estimate of drug-likeness (QED) is 0.558. The van der Waals surface area contributed by atoms with Gasteiger partial charge in [0.2, 0.25) is 0 Å². The number of hydrogen-bond donors (Lipinski definition) is 2. The Balaban J connectivity index is 0.000000224. The normalized spacial score (nSPS) is 14.6. The van der Waals surface area contributed by atoms with Gasteiger partial charge in [0.05, 0.1) is 10.5 Å². The molecule has 0 aliphatic carbocycles. The molecule has 7 nitrogen and oxygen atoms in total. The SMILES string of the molecule is O=C1NS(=O)(=O)c2ccccc21.O=S(=O)(O)c1ccccc1.[NaH]. The van der Waals surface area contributed by atoms with Gasteiger partial charge in [-0.05, 0) is 24.3 Å². The molecule has 0 saturated carbocycles. The third kappa shape index (κ3) is 4.87. The molecular formula is C13H12NNaO6S2. The molecule has 0 bridgehead atoms. The van der Waals surface area contributed by atoms with E-state index in [-0.39, 0.29) is 44.9 Å². The van der Waals surface area contributed by atoms with Crippen LogP contribution in [0.5, 0.6) is 0 Å². The molecule has 1 heterocycles. The van der Waals surface area contributed by atoms with Crippen molar-refractivity contribution >= 4 is 55.6 Å². The molecule has 0 spiro atoms. The second kappa shape index (κ2) is 7.56. The van der Waals surface area contributed by atoms with E-state index in [2.05, 4.69) is 0 Å². The Kier molecular flexibility index (Phi) is 6.51. The number of nitrogens with one attached hydrogen (secondary N) is 1. The van der Waals surface area contributed by atoms with Crippen molar-refractivity contribution in [1.29, 1.82) is 0 Å². The van der Waals surface area contributed by atoms with Crippen molar-refractivity contribution in [1.82, 2.24) is 4.72 Å². The van der Waals surface area contributed by atoms with Gasteiger partial charge in [-0.15, -0.1) is 0 Å². The number of carbonyl (C=O) groups excluding carboxylic acids is 1. The number of amides is 1. The molecule has 0 aromatic heterocycles. The average molecular weight is 365 g/mol. The number of fused-ring (bicyclic) bond motifs is 1. The zero-order valence-corrected chi connectivity index (χ0v) is 12.6. The van der Waals surface area contributed by atoms with Crippen molar-refractivity contribution in [2.75, 3.05) is 0 Å². The van der Waals surface area contributed by atoms with Gasteiger partial charge in [-0.1, -0.05) is 30.3 Å². The van der Waals surface area contributed by atoms with Gasteiger partial charge in [-0.2, -0.15) is 8.42 Å². The predicted octanol–water partition coefficient (Wildman–Crippen LogP) is 0.404. The van der Waals surface area contributed by atoms with Crippen LogP contribution in [0.1, 0.15) is 10.4 Å². The minimum atomic E-state index is -4.00. The topological polar surface area (TPSA) is 118 Å². The van der Waals surface area contributed by atoms with Gasteiger partial charge in [-0.3, -0.25) is 9.35 Å². The van der Waals surface area contributed by atoms with E-state index in [0.717, 1.165) is 0 Å². The second-order valence-corrected chi connectivity index (χ2v) is 7.29. The standard InChI is InChI=1S/C7H5NO3S.C6H6O3S.Na.H/c9-7-5-3-1-2-4-6(5)12(10,11)8-7;7-10(8,9)6-4-2-1-3-5-6;;/h1-4H,(H,8,9);1-5H,(H,7,8,9);;. The number of hydrogen-bond acceptors (Lipinski definition) is 5. The van der Waals surface area contributed by atoms with Crippen LogP contribution < -0.4 is 4.72 Å². The summed E-state index contributed by atoms with van der Waals surface area (Å²) in [5, 5.41) is 0. The van der Waals surface area contributed by atoms with E-state index >= 15 is 0 Å². The van der Waals surface area contributed by atoms with E-state index in [9.17, 15) is 21.6 Å². The Morgan fingerprint density at radius 3 is 1.91 bits per heavy atom. The predicted molar refractivity (Wildman–Crippen MR) is 84.5 cm³/mol. The van der Waals surface area contributed by atoms with Crippen LogP contribution in [0.15, 0.2) is 64.4 Å². The summed E-state index contributed by atoms with van der Waals surface area (Å²) in [7, 11) is -7.56. The van der Waals surface area contributed by atoms with Crippen molar-refractivity contribution in [3.05, 3.63) is 60.2 Å². The summed E-state index contributed by atoms with van der Waals surface area (Å²) in [6, 6.07) is 13.5. The molecule has 0 unspecified atom stereocenters. The van der Waals surface area contributed by atoms with Crippen LogP contribution in [-0.2, 0) is 20.1 Å². The van der Waals surface area contributed by atoms with Crippen LogP contribution in [0.4, 0.5) is 0 Å². The summed E-state index contributed by atoms with van der Waals surface area (Å²) in [5.41, 5.74) is 0.220. The molecular weight excluding hydrogens is 353 g/mol. The van der Waals surface area contributed by atoms with Gasteiger partial charge in [0, 0.05) is 0 Å². The summed E-state index contributed by atoms with van der Waals surface area (Å²) >= 11 is 0. The molecule has 23 heavy (non-hydrogen) atoms. The van der Waals surface area contributed by atoms with Crippen LogP contribution in [-0.4, -0.2) is 56.9 Å². The van der Waals surface area contributed by atoms with Gasteiger partial charge >= 0.3 is 29.6 Å². The molecule has 2 aromatic rings. The zero-order valence-electron chi connectivity index (χ0n) is 11.0. The van der Waals surface area contributed by atoms with Gasteiger partial charge in [0.25, 0.3) is 26.0 Å². The first-order valence-corrected chi connectivity index (χ1v) is 8.83. The fourth-order valence-electron chi connectivity index (χ4n) is 1.71. The molecule has 0 radical (unpaired) electrons. The van der Waals surface area contributed by atoms with Gasteiger partial charge in [-0.25, -0.2) is 13.1 Å². The third-order valence-corrected chi connectivity index (χ3v) is 4.95. The van der Waals surface area contributed by atoms with Crippen molar-refractivity contribution < 1.29 is 26.2 Å². The molecule has 1 amide bonds. The van der Waals surface area contributed by atoms with E-state index in [0.29, 0.717) is 0 Å². The fraction of sp³-hybridized carbons (Fsp3) is 0. The minimum absolute atomic E-state index is 0. The third-order valence-electron chi connectivity index (χ3n) is 2.69. The van der Waals surface area contributed by atoms with Crippen molar-refractivity contribution in [2.45, 2.75) is 9.79 Å². The monoisotopic (exact) mass is 365 g/mol. The molecule has 3 rings (SSSR count). The summed E-state index contributed by atoms with van der Waals surface area (Å²) < 4.78 is 53.4. The van der Waals surface area contributed by atoms with E-state index < -0.39 is 26.0 Å². The van der Waals surface area contributed by atoms with Crippen molar-refractivity contribution in [2.24, 2.45) is 0 Å². The van der Waals surface area contributed by atoms with Crippen LogP contribution in [0.25, 0.3) is 0 Å². The zero-order chi connectivity index (χ0) is 16.4. The molecule has 10 heteroatoms. The van der Waals surface area contributed by atoms with Gasteiger partial charge < -0.3 is 0 Å². The molecule has 2 aromatic carbocycles. The maximum atomic E-state index is 11.1. The molecule has 0 atom stereocenters. The fourth-order valence-corrected chi connectivity index (χ4v) is 3.39. The van der Waals surface area contributed by atoms with Crippen LogP contribution in [0.2, 0.25) is 0 Å². The number of sulfonamides is 1. The second-order valence-electron chi connectivity index (χ2n) is 4.22. The Labute approximate surface area is 155 Å². The first-order chi connectivity index (χ1) is 10.2. The van der Waals surface area contributed by atoms with Crippen LogP contribution in [0, 0.1) is 0 Å². The van der Waals surface area contributed by atoms with Gasteiger partial charge in [0.1, 0.15) is 4.90 Å². The molecule has 2 N–H and O–H groups in total. The number of benzene rings is 2. The van der Waals surface area contributed by atoms with E-state index in [1.165, 1.54) is 24.3 Å². The molecule has 1 aliphatic heterocycles. The average Bonchev–Trinajstić information content (AvgIpc) is 2.70. The molecule has 1 aliphatic rings. The van der Waals surface area contributed by atoms with Gasteiger partial charge in [0.15, 0.2) is 0 Å². The molecule has 118 valence electrons. The number of carbonyl (C=O) groups is 1. The molecule has 0 saturated heterocycles. The van der Waals surface area contributed by atoms with E-state index in [1.54, 1.807) is 30.3 Å².